The lowest BCUT2D eigenvalue weighted by molar-refractivity contribution is 0.0527. The highest BCUT2D eigenvalue weighted by molar-refractivity contribution is 6.05. The van der Waals surface area contributed by atoms with Crippen LogP contribution >= 0.6 is 0 Å². The summed E-state index contributed by atoms with van der Waals surface area (Å²) in [5, 5.41) is 8.48. The lowest BCUT2D eigenvalue weighted by Crippen LogP contribution is -2.44. The number of para-hydroxylation sites is 1. The summed E-state index contributed by atoms with van der Waals surface area (Å²) in [7, 11) is 0. The number of aromatic amines is 1. The molecule has 26 heavy (non-hydrogen) atoms. The van der Waals surface area contributed by atoms with E-state index in [2.05, 4.69) is 15.2 Å². The van der Waals surface area contributed by atoms with Crippen molar-refractivity contribution in [2.24, 2.45) is 0 Å². The molecular weight excluding hydrogens is 332 g/mol. The fraction of sp³-hybridized carbons (Fsp3) is 0.263. The average molecular weight is 350 g/mol. The Morgan fingerprint density at radius 2 is 2.12 bits per heavy atom. The van der Waals surface area contributed by atoms with Gasteiger partial charge in [0, 0.05) is 35.8 Å². The zero-order valence-corrected chi connectivity index (χ0v) is 14.1. The van der Waals surface area contributed by atoms with Crippen molar-refractivity contribution in [3.05, 3.63) is 64.6 Å². The molecule has 1 aliphatic rings. The molecule has 0 aliphatic carbocycles. The smallest absolute Gasteiger partial charge is 0.254 e. The molecule has 1 unspecified atom stereocenters. The zero-order chi connectivity index (χ0) is 17.9. The summed E-state index contributed by atoms with van der Waals surface area (Å²) in [6, 6.07) is 12.2. The first-order valence-electron chi connectivity index (χ1n) is 8.56. The number of benzene rings is 1. The summed E-state index contributed by atoms with van der Waals surface area (Å²) in [6.07, 6.45) is 3.12. The maximum absolute atomic E-state index is 13.1. The van der Waals surface area contributed by atoms with Crippen molar-refractivity contribution in [2.75, 3.05) is 13.1 Å². The first kappa shape index (κ1) is 16.3. The molecule has 132 valence electrons. The largest absolute Gasteiger partial charge is 0.471 e. The maximum Gasteiger partial charge on any atom is 0.254 e. The van der Waals surface area contributed by atoms with Gasteiger partial charge in [-0.1, -0.05) is 18.2 Å². The Bertz CT molecular complexity index is 987. The molecule has 1 aromatic carbocycles. The Labute approximate surface area is 149 Å². The van der Waals surface area contributed by atoms with Crippen LogP contribution in [0.15, 0.2) is 53.5 Å². The normalized spacial score (nSPS) is 17.2. The van der Waals surface area contributed by atoms with Gasteiger partial charge in [-0.25, -0.2) is 0 Å². The van der Waals surface area contributed by atoms with Gasteiger partial charge in [-0.3, -0.25) is 9.59 Å². The topological polar surface area (TPSA) is 88.2 Å². The number of H-pyrrole nitrogens is 1. The number of amides is 1. The highest BCUT2D eigenvalue weighted by Crippen LogP contribution is 2.21. The third-order valence-corrected chi connectivity index (χ3v) is 4.48. The first-order valence-corrected chi connectivity index (χ1v) is 8.56. The van der Waals surface area contributed by atoms with Crippen molar-refractivity contribution in [1.29, 1.82) is 0 Å². The molecule has 0 radical (unpaired) electrons. The number of nitrogens with one attached hydrogen (secondary N) is 1. The van der Waals surface area contributed by atoms with Gasteiger partial charge in [-0.05, 0) is 25.0 Å². The summed E-state index contributed by atoms with van der Waals surface area (Å²) in [4.78, 5) is 29.5. The van der Waals surface area contributed by atoms with E-state index in [9.17, 15) is 9.59 Å². The quantitative estimate of drug-likeness (QED) is 0.780. The van der Waals surface area contributed by atoms with Crippen LogP contribution in [-0.4, -0.2) is 45.2 Å². The molecule has 4 rings (SSSR count). The molecule has 1 N–H and O–H groups in total. The fourth-order valence-corrected chi connectivity index (χ4v) is 3.29. The minimum Gasteiger partial charge on any atom is -0.471 e. The number of hydrogen-bond acceptors (Lipinski definition) is 5. The van der Waals surface area contributed by atoms with Gasteiger partial charge in [-0.15, -0.1) is 5.10 Å². The highest BCUT2D eigenvalue weighted by Gasteiger charge is 2.27. The van der Waals surface area contributed by atoms with Gasteiger partial charge in [0.05, 0.1) is 12.1 Å². The first-order chi connectivity index (χ1) is 12.7. The van der Waals surface area contributed by atoms with Crippen LogP contribution in [0.5, 0.6) is 5.88 Å². The fourth-order valence-electron chi connectivity index (χ4n) is 3.29. The van der Waals surface area contributed by atoms with Gasteiger partial charge in [0.15, 0.2) is 0 Å². The van der Waals surface area contributed by atoms with Crippen molar-refractivity contribution in [2.45, 2.75) is 18.9 Å². The molecule has 1 fully saturated rings. The summed E-state index contributed by atoms with van der Waals surface area (Å²) in [6.45, 7) is 1.09. The predicted octanol–water partition coefficient (Wildman–Crippen LogP) is 2.00. The number of aromatic nitrogens is 3. The van der Waals surface area contributed by atoms with E-state index in [-0.39, 0.29) is 17.6 Å². The van der Waals surface area contributed by atoms with Crippen molar-refractivity contribution in [3.63, 3.8) is 0 Å². The number of nitrogens with zero attached hydrogens (tertiary/aromatic N) is 3. The third kappa shape index (κ3) is 3.28. The van der Waals surface area contributed by atoms with Crippen LogP contribution in [-0.2, 0) is 0 Å². The van der Waals surface area contributed by atoms with E-state index < -0.39 is 0 Å². The Hall–Kier alpha value is -3.22. The molecular formula is C19H18N4O3. The van der Waals surface area contributed by atoms with Gasteiger partial charge in [0.2, 0.25) is 11.4 Å². The number of likely N-dealkylation sites (tertiary alicyclic amines) is 1. The van der Waals surface area contributed by atoms with Crippen LogP contribution < -0.4 is 10.3 Å². The second-order valence-corrected chi connectivity index (χ2v) is 6.29. The summed E-state index contributed by atoms with van der Waals surface area (Å²) >= 11 is 0. The number of carbonyl (C=O) groups excluding carboxylic acids is 1. The summed E-state index contributed by atoms with van der Waals surface area (Å²) < 4.78 is 5.85. The van der Waals surface area contributed by atoms with Crippen LogP contribution in [0.2, 0.25) is 0 Å². The van der Waals surface area contributed by atoms with E-state index in [1.807, 2.05) is 18.2 Å². The monoisotopic (exact) mass is 350 g/mol. The zero-order valence-electron chi connectivity index (χ0n) is 14.1. The Kier molecular flexibility index (Phi) is 4.35. The number of hydrogen-bond donors (Lipinski definition) is 1. The van der Waals surface area contributed by atoms with E-state index in [0.717, 1.165) is 18.2 Å². The van der Waals surface area contributed by atoms with E-state index >= 15 is 0 Å². The van der Waals surface area contributed by atoms with Gasteiger partial charge in [-0.2, -0.15) is 5.10 Å². The van der Waals surface area contributed by atoms with Crippen LogP contribution in [0.25, 0.3) is 10.9 Å². The van der Waals surface area contributed by atoms with Crippen LogP contribution in [0.4, 0.5) is 0 Å². The lowest BCUT2D eigenvalue weighted by atomic mass is 10.0. The predicted molar refractivity (Wildman–Crippen MR) is 96.2 cm³/mol. The van der Waals surface area contributed by atoms with E-state index in [1.54, 1.807) is 29.3 Å². The minimum absolute atomic E-state index is 0.141. The molecule has 0 spiro atoms. The van der Waals surface area contributed by atoms with Gasteiger partial charge >= 0.3 is 0 Å². The number of ether oxygens (including phenoxy) is 1. The second-order valence-electron chi connectivity index (χ2n) is 6.29. The molecule has 1 aliphatic heterocycles. The van der Waals surface area contributed by atoms with Crippen LogP contribution in [0, 0.1) is 0 Å². The summed E-state index contributed by atoms with van der Waals surface area (Å²) in [5.74, 6) is 0.299. The molecule has 7 heteroatoms. The average Bonchev–Trinajstić information content (AvgIpc) is 2.68. The van der Waals surface area contributed by atoms with Gasteiger partial charge < -0.3 is 14.6 Å². The van der Waals surface area contributed by atoms with Crippen LogP contribution in [0.1, 0.15) is 23.2 Å². The molecule has 3 aromatic rings. The molecule has 1 atom stereocenters. The second kappa shape index (κ2) is 6.95. The standard InChI is InChI=1S/C19H18N4O3/c24-17-11-15(14-6-1-2-7-16(14)21-17)19(25)23-10-4-5-13(12-23)26-18-8-3-9-20-22-18/h1-3,6-9,11,13H,4-5,10,12H2,(H,21,24). The SMILES string of the molecule is O=C(c1cc(=O)[nH]c2ccccc12)N1CCCC(Oc2cccnn2)C1. The third-order valence-electron chi connectivity index (χ3n) is 4.48. The molecule has 3 heterocycles. The van der Waals surface area contributed by atoms with E-state index in [0.29, 0.717) is 30.0 Å². The number of fused-ring (bicyclic) bond motifs is 1. The Balaban J connectivity index is 1.57. The number of pyridine rings is 1. The highest BCUT2D eigenvalue weighted by atomic mass is 16.5. The molecule has 1 saturated heterocycles. The number of rotatable bonds is 3. The molecule has 2 aromatic heterocycles. The Morgan fingerprint density at radius 3 is 2.96 bits per heavy atom. The lowest BCUT2D eigenvalue weighted by Gasteiger charge is -2.32. The van der Waals surface area contributed by atoms with E-state index in [4.69, 9.17) is 4.74 Å². The van der Waals surface area contributed by atoms with Crippen LogP contribution in [0.3, 0.4) is 0 Å². The minimum atomic E-state index is -0.281. The van der Waals surface area contributed by atoms with Gasteiger partial charge in [0.25, 0.3) is 5.91 Å². The van der Waals surface area contributed by atoms with Crippen molar-refractivity contribution in [1.82, 2.24) is 20.1 Å². The van der Waals surface area contributed by atoms with Crippen molar-refractivity contribution >= 4 is 16.8 Å². The van der Waals surface area contributed by atoms with Gasteiger partial charge in [0.1, 0.15) is 6.10 Å². The molecule has 0 saturated carbocycles. The summed E-state index contributed by atoms with van der Waals surface area (Å²) in [5.41, 5.74) is 0.800. The maximum atomic E-state index is 13.1. The molecule has 1 amide bonds. The van der Waals surface area contributed by atoms with Crippen molar-refractivity contribution < 1.29 is 9.53 Å². The molecule has 0 bridgehead atoms. The van der Waals surface area contributed by atoms with Crippen molar-refractivity contribution in [3.8, 4) is 5.88 Å². The molecule has 7 nitrogen and oxygen atoms in total. The Morgan fingerprint density at radius 1 is 1.23 bits per heavy atom. The number of piperidine rings is 1. The number of carbonyl (C=O) groups is 1. The van der Waals surface area contributed by atoms with E-state index in [1.165, 1.54) is 6.07 Å².